The lowest BCUT2D eigenvalue weighted by Crippen LogP contribution is -2.39. The molecule has 3 rings (SSSR count). The Morgan fingerprint density at radius 2 is 1.96 bits per heavy atom. The number of anilines is 1. The first-order valence-corrected chi connectivity index (χ1v) is 9.46. The average molecular weight is 410 g/mol. The van der Waals surface area contributed by atoms with Gasteiger partial charge in [0.15, 0.2) is 11.6 Å². The van der Waals surface area contributed by atoms with E-state index in [-0.39, 0.29) is 30.9 Å². The van der Waals surface area contributed by atoms with E-state index in [1.54, 1.807) is 29.2 Å². The van der Waals surface area contributed by atoms with Crippen molar-refractivity contribution in [2.24, 2.45) is 5.92 Å². The van der Waals surface area contributed by atoms with Gasteiger partial charge in [0.1, 0.15) is 6.61 Å². The van der Waals surface area contributed by atoms with Crippen LogP contribution in [-0.2, 0) is 6.61 Å². The maximum Gasteiger partial charge on any atom is 0.255 e. The van der Waals surface area contributed by atoms with Crippen LogP contribution in [0.2, 0.25) is 10.0 Å². The van der Waals surface area contributed by atoms with Gasteiger partial charge in [0, 0.05) is 41.5 Å². The lowest BCUT2D eigenvalue weighted by atomic mass is 9.97. The summed E-state index contributed by atoms with van der Waals surface area (Å²) in [5.74, 6) is 0.633. The van der Waals surface area contributed by atoms with E-state index < -0.39 is 0 Å². The van der Waals surface area contributed by atoms with E-state index in [0.717, 1.165) is 12.8 Å². The summed E-state index contributed by atoms with van der Waals surface area (Å²) in [6, 6.07) is 6.80. The summed E-state index contributed by atoms with van der Waals surface area (Å²) >= 11 is 12.3. The largest absolute Gasteiger partial charge is 0.485 e. The smallest absolute Gasteiger partial charge is 0.255 e. The number of amides is 1. The van der Waals surface area contributed by atoms with Crippen LogP contribution in [0.25, 0.3) is 0 Å². The lowest BCUT2D eigenvalue weighted by Gasteiger charge is -2.31. The number of hydrogen-bond donors (Lipinski definition) is 2. The molecule has 6 nitrogen and oxygen atoms in total. The van der Waals surface area contributed by atoms with Crippen molar-refractivity contribution in [2.75, 3.05) is 25.4 Å². The third-order valence-corrected chi connectivity index (χ3v) is 5.43. The number of halogens is 2. The molecule has 0 saturated carbocycles. The van der Waals surface area contributed by atoms with Gasteiger partial charge in [0.2, 0.25) is 0 Å². The number of nitrogens with two attached hydrogens (primary N) is 1. The van der Waals surface area contributed by atoms with Crippen LogP contribution in [0.15, 0.2) is 30.5 Å². The number of carbonyl (C=O) groups is 1. The molecule has 0 radical (unpaired) electrons. The van der Waals surface area contributed by atoms with Gasteiger partial charge in [0.05, 0.1) is 5.56 Å². The zero-order chi connectivity index (χ0) is 19.4. The Bertz CT molecular complexity index is 804. The molecule has 3 N–H and O–H groups in total. The number of piperidine rings is 1. The minimum atomic E-state index is -0.125. The molecular formula is C19H21Cl2N3O3. The summed E-state index contributed by atoms with van der Waals surface area (Å²) < 4.78 is 5.74. The van der Waals surface area contributed by atoms with E-state index in [1.807, 2.05) is 0 Å². The van der Waals surface area contributed by atoms with E-state index in [0.29, 0.717) is 40.0 Å². The van der Waals surface area contributed by atoms with Crippen molar-refractivity contribution < 1.29 is 14.6 Å². The Labute approximate surface area is 167 Å². The van der Waals surface area contributed by atoms with Crippen molar-refractivity contribution in [3.8, 4) is 5.75 Å². The number of benzene rings is 1. The Kier molecular flexibility index (Phi) is 6.42. The summed E-state index contributed by atoms with van der Waals surface area (Å²) in [6.07, 6.45) is 3.03. The number of aliphatic hydroxyl groups excluding tert-OH is 1. The van der Waals surface area contributed by atoms with Gasteiger partial charge in [-0.15, -0.1) is 0 Å². The van der Waals surface area contributed by atoms with Gasteiger partial charge in [-0.25, -0.2) is 4.98 Å². The molecule has 0 atom stereocenters. The van der Waals surface area contributed by atoms with Gasteiger partial charge in [-0.3, -0.25) is 4.79 Å². The van der Waals surface area contributed by atoms with Gasteiger partial charge in [-0.2, -0.15) is 0 Å². The van der Waals surface area contributed by atoms with Crippen LogP contribution in [0.5, 0.6) is 5.75 Å². The highest BCUT2D eigenvalue weighted by Gasteiger charge is 2.24. The number of likely N-dealkylation sites (tertiary alicyclic amines) is 1. The minimum absolute atomic E-state index is 0.115. The molecule has 1 aliphatic rings. The number of ether oxygens (including phenoxy) is 1. The fraction of sp³-hybridized carbons (Fsp3) is 0.368. The Hall–Kier alpha value is -2.02. The summed E-state index contributed by atoms with van der Waals surface area (Å²) in [5.41, 5.74) is 6.94. The van der Waals surface area contributed by atoms with Crippen LogP contribution in [-0.4, -0.2) is 40.6 Å². The number of aromatic nitrogens is 1. The molecule has 0 spiro atoms. The molecule has 27 heavy (non-hydrogen) atoms. The first-order chi connectivity index (χ1) is 13.0. The molecule has 1 saturated heterocycles. The van der Waals surface area contributed by atoms with Crippen LogP contribution < -0.4 is 10.5 Å². The Morgan fingerprint density at radius 1 is 1.30 bits per heavy atom. The second-order valence-electron chi connectivity index (χ2n) is 6.51. The zero-order valence-corrected chi connectivity index (χ0v) is 16.2. The topological polar surface area (TPSA) is 88.7 Å². The molecule has 1 amide bonds. The van der Waals surface area contributed by atoms with E-state index in [2.05, 4.69) is 4.98 Å². The number of hydrogen-bond acceptors (Lipinski definition) is 5. The maximum absolute atomic E-state index is 12.7. The van der Waals surface area contributed by atoms with Gasteiger partial charge >= 0.3 is 0 Å². The second-order valence-corrected chi connectivity index (χ2v) is 7.33. The fourth-order valence-electron chi connectivity index (χ4n) is 3.01. The molecule has 0 unspecified atom stereocenters. The average Bonchev–Trinajstić information content (AvgIpc) is 2.68. The van der Waals surface area contributed by atoms with Crippen LogP contribution in [0.3, 0.4) is 0 Å². The number of nitrogen functional groups attached to an aromatic ring is 1. The molecule has 2 heterocycles. The lowest BCUT2D eigenvalue weighted by molar-refractivity contribution is 0.0650. The summed E-state index contributed by atoms with van der Waals surface area (Å²) in [7, 11) is 0. The van der Waals surface area contributed by atoms with Gasteiger partial charge in [0.25, 0.3) is 5.91 Å². The maximum atomic E-state index is 12.7. The van der Waals surface area contributed by atoms with E-state index in [1.165, 1.54) is 6.20 Å². The third kappa shape index (κ3) is 4.64. The standard InChI is InChI=1S/C19H21Cl2N3O3/c20-15-2-1-3-16(21)14(15)11-27-17-8-13(9-23-18(17)22)19(26)24-6-4-12(10-25)5-7-24/h1-3,8-9,12,25H,4-7,10-11H2,(H2,22,23). The first kappa shape index (κ1) is 19.7. The van der Waals surface area contributed by atoms with Crippen molar-refractivity contribution >= 4 is 34.9 Å². The third-order valence-electron chi connectivity index (χ3n) is 4.72. The van der Waals surface area contributed by atoms with Gasteiger partial charge < -0.3 is 20.5 Å². The molecule has 0 bridgehead atoms. The van der Waals surface area contributed by atoms with Crippen molar-refractivity contribution in [1.29, 1.82) is 0 Å². The predicted octanol–water partition coefficient (Wildman–Crippen LogP) is 3.39. The molecular weight excluding hydrogens is 389 g/mol. The minimum Gasteiger partial charge on any atom is -0.485 e. The number of aliphatic hydroxyl groups is 1. The number of carbonyl (C=O) groups excluding carboxylic acids is 1. The van der Waals surface area contributed by atoms with Crippen molar-refractivity contribution in [1.82, 2.24) is 9.88 Å². The quantitative estimate of drug-likeness (QED) is 0.789. The van der Waals surface area contributed by atoms with Crippen LogP contribution in [0, 0.1) is 5.92 Å². The first-order valence-electron chi connectivity index (χ1n) is 8.71. The summed E-state index contributed by atoms with van der Waals surface area (Å²) in [6.45, 7) is 1.50. The zero-order valence-electron chi connectivity index (χ0n) is 14.7. The van der Waals surface area contributed by atoms with Crippen LogP contribution >= 0.6 is 23.2 Å². The number of nitrogens with zero attached hydrogens (tertiary/aromatic N) is 2. The summed E-state index contributed by atoms with van der Waals surface area (Å²) in [4.78, 5) is 18.6. The number of pyridine rings is 1. The molecule has 144 valence electrons. The highest BCUT2D eigenvalue weighted by molar-refractivity contribution is 6.35. The van der Waals surface area contributed by atoms with Gasteiger partial charge in [-0.05, 0) is 37.0 Å². The van der Waals surface area contributed by atoms with Crippen molar-refractivity contribution in [3.05, 3.63) is 51.6 Å². The van der Waals surface area contributed by atoms with Crippen molar-refractivity contribution in [3.63, 3.8) is 0 Å². The van der Waals surface area contributed by atoms with Crippen LogP contribution in [0.1, 0.15) is 28.8 Å². The van der Waals surface area contributed by atoms with Crippen molar-refractivity contribution in [2.45, 2.75) is 19.4 Å². The predicted molar refractivity (Wildman–Crippen MR) is 105 cm³/mol. The van der Waals surface area contributed by atoms with E-state index >= 15 is 0 Å². The van der Waals surface area contributed by atoms with E-state index in [4.69, 9.17) is 33.7 Å². The highest BCUT2D eigenvalue weighted by Crippen LogP contribution is 2.28. The SMILES string of the molecule is Nc1ncc(C(=O)N2CCC(CO)CC2)cc1OCc1c(Cl)cccc1Cl. The highest BCUT2D eigenvalue weighted by atomic mass is 35.5. The van der Waals surface area contributed by atoms with Gasteiger partial charge in [-0.1, -0.05) is 29.3 Å². The Morgan fingerprint density at radius 3 is 2.59 bits per heavy atom. The molecule has 1 fully saturated rings. The molecule has 1 aliphatic heterocycles. The molecule has 1 aromatic carbocycles. The second kappa shape index (κ2) is 8.78. The Balaban J connectivity index is 1.72. The number of rotatable bonds is 5. The fourth-order valence-corrected chi connectivity index (χ4v) is 3.52. The summed E-state index contributed by atoms with van der Waals surface area (Å²) in [5, 5.41) is 10.2. The molecule has 1 aromatic heterocycles. The van der Waals surface area contributed by atoms with E-state index in [9.17, 15) is 9.90 Å². The molecule has 0 aliphatic carbocycles. The van der Waals surface area contributed by atoms with Crippen LogP contribution in [0.4, 0.5) is 5.82 Å². The molecule has 8 heteroatoms. The monoisotopic (exact) mass is 409 g/mol. The normalized spacial score (nSPS) is 15.0. The molecule has 2 aromatic rings.